The van der Waals surface area contributed by atoms with E-state index in [1.54, 1.807) is 23.0 Å². The fourth-order valence-corrected chi connectivity index (χ4v) is 6.62. The van der Waals surface area contributed by atoms with E-state index in [2.05, 4.69) is 5.10 Å². The lowest BCUT2D eigenvalue weighted by atomic mass is 9.92. The second kappa shape index (κ2) is 8.99. The predicted octanol–water partition coefficient (Wildman–Crippen LogP) is 5.05. The van der Waals surface area contributed by atoms with E-state index in [1.807, 2.05) is 13.1 Å². The van der Waals surface area contributed by atoms with Crippen molar-refractivity contribution in [3.05, 3.63) is 60.2 Å². The van der Waals surface area contributed by atoms with E-state index < -0.39 is 15.9 Å². The first kappa shape index (κ1) is 23.3. The molecule has 0 spiro atoms. The minimum absolute atomic E-state index is 0.0582. The lowest BCUT2D eigenvalue weighted by Crippen LogP contribution is -2.41. The second-order valence-corrected chi connectivity index (χ2v) is 11.4. The van der Waals surface area contributed by atoms with E-state index in [1.165, 1.54) is 29.2 Å². The lowest BCUT2D eigenvalue weighted by molar-refractivity contribution is 0.198. The Morgan fingerprint density at radius 1 is 1.17 bits per heavy atom. The molecule has 10 heteroatoms. The van der Waals surface area contributed by atoms with Crippen LogP contribution in [0.1, 0.15) is 37.8 Å². The quantitative estimate of drug-likeness (QED) is 0.539. The maximum atomic E-state index is 13.5. The van der Waals surface area contributed by atoms with Crippen LogP contribution < -0.4 is 9.64 Å². The molecule has 0 saturated carbocycles. The van der Waals surface area contributed by atoms with Crippen molar-refractivity contribution in [3.63, 3.8) is 0 Å². The second-order valence-electron chi connectivity index (χ2n) is 9.16. The van der Waals surface area contributed by atoms with Gasteiger partial charge in [0.15, 0.2) is 9.84 Å². The third-order valence-corrected chi connectivity index (χ3v) is 8.52. The summed E-state index contributed by atoms with van der Waals surface area (Å²) in [7, 11) is -3.10. The van der Waals surface area contributed by atoms with Gasteiger partial charge in [0.05, 0.1) is 29.4 Å². The van der Waals surface area contributed by atoms with Crippen molar-refractivity contribution in [2.24, 2.45) is 0 Å². The summed E-state index contributed by atoms with van der Waals surface area (Å²) in [6, 6.07) is 8.81. The fourth-order valence-electron chi connectivity index (χ4n) is 4.94. The SMILES string of the molecule is C[C@H]1CCc2c(ccc(-c3cnn(C4CCCS(=O)(=O)C4)c3)c2Oc2ccc(F)cc2)N1C(=O)O. The van der Waals surface area contributed by atoms with Crippen molar-refractivity contribution in [1.82, 2.24) is 9.78 Å². The number of rotatable bonds is 4. The van der Waals surface area contributed by atoms with Crippen molar-refractivity contribution >= 4 is 21.6 Å². The highest BCUT2D eigenvalue weighted by Gasteiger charge is 2.32. The summed E-state index contributed by atoms with van der Waals surface area (Å²) >= 11 is 0. The molecule has 8 nitrogen and oxygen atoms in total. The van der Waals surface area contributed by atoms with E-state index in [0.29, 0.717) is 42.0 Å². The zero-order chi connectivity index (χ0) is 24.7. The van der Waals surface area contributed by atoms with Gasteiger partial charge in [0, 0.05) is 28.9 Å². The number of aromatic nitrogens is 2. The molecule has 184 valence electrons. The van der Waals surface area contributed by atoms with Crippen LogP contribution in [0.25, 0.3) is 11.1 Å². The van der Waals surface area contributed by atoms with Gasteiger partial charge in [-0.15, -0.1) is 0 Å². The number of anilines is 1. The van der Waals surface area contributed by atoms with E-state index in [0.717, 1.165) is 17.5 Å². The van der Waals surface area contributed by atoms with Crippen LogP contribution >= 0.6 is 0 Å². The van der Waals surface area contributed by atoms with Gasteiger partial charge in [-0.05, 0) is 69.0 Å². The summed E-state index contributed by atoms with van der Waals surface area (Å²) in [4.78, 5) is 13.3. The number of hydrogen-bond acceptors (Lipinski definition) is 5. The molecule has 35 heavy (non-hydrogen) atoms. The third-order valence-electron chi connectivity index (χ3n) is 6.71. The molecule has 0 radical (unpaired) electrons. The van der Waals surface area contributed by atoms with Crippen molar-refractivity contribution in [2.45, 2.75) is 44.7 Å². The average molecular weight is 500 g/mol. The van der Waals surface area contributed by atoms with Crippen LogP contribution in [0, 0.1) is 5.82 Å². The first-order valence-corrected chi connectivity index (χ1v) is 13.4. The van der Waals surface area contributed by atoms with E-state index in [9.17, 15) is 22.7 Å². The largest absolute Gasteiger partial charge is 0.465 e. The van der Waals surface area contributed by atoms with Crippen LogP contribution in [0.5, 0.6) is 11.5 Å². The summed E-state index contributed by atoms with van der Waals surface area (Å²) in [6.07, 6.45) is 5.01. The van der Waals surface area contributed by atoms with Crippen LogP contribution in [0.2, 0.25) is 0 Å². The number of ether oxygens (including phenoxy) is 1. The molecule has 1 saturated heterocycles. The van der Waals surface area contributed by atoms with Gasteiger partial charge in [-0.2, -0.15) is 5.10 Å². The number of carbonyl (C=O) groups is 1. The number of fused-ring (bicyclic) bond motifs is 1. The standard InChI is InChI=1S/C25H26FN3O5S/c1-16-4-9-22-23(29(16)25(30)31)11-10-21(24(22)34-20-7-5-18(26)6-8-20)17-13-27-28(14-17)19-3-2-12-35(32,33)15-19/h5-8,10-11,13-14,16,19H,2-4,9,12,15H2,1H3,(H,30,31)/t16-,19?/m0/s1. The van der Waals surface area contributed by atoms with Crippen LogP contribution in [0.4, 0.5) is 14.9 Å². The first-order valence-electron chi connectivity index (χ1n) is 11.6. The molecule has 2 aliphatic rings. The molecule has 0 bridgehead atoms. The fraction of sp³-hybridized carbons (Fsp3) is 0.360. The monoisotopic (exact) mass is 499 g/mol. The first-order chi connectivity index (χ1) is 16.7. The van der Waals surface area contributed by atoms with Crippen LogP contribution in [-0.4, -0.2) is 46.9 Å². The van der Waals surface area contributed by atoms with Gasteiger partial charge in [0.25, 0.3) is 0 Å². The number of halogens is 1. The molecule has 1 fully saturated rings. The van der Waals surface area contributed by atoms with Crippen LogP contribution in [0.15, 0.2) is 48.8 Å². The Labute approximate surface area is 202 Å². The molecule has 1 aromatic heterocycles. The molecule has 0 aliphatic carbocycles. The van der Waals surface area contributed by atoms with Crippen molar-refractivity contribution in [3.8, 4) is 22.6 Å². The van der Waals surface area contributed by atoms with Crippen LogP contribution in [0.3, 0.4) is 0 Å². The maximum Gasteiger partial charge on any atom is 0.412 e. The summed E-state index contributed by atoms with van der Waals surface area (Å²) in [5.41, 5.74) is 2.74. The maximum absolute atomic E-state index is 13.5. The molecule has 1 amide bonds. The number of amides is 1. The summed E-state index contributed by atoms with van der Waals surface area (Å²) in [6.45, 7) is 1.87. The van der Waals surface area contributed by atoms with Crippen molar-refractivity contribution in [1.29, 1.82) is 0 Å². The Balaban J connectivity index is 1.59. The molecule has 2 aliphatic heterocycles. The van der Waals surface area contributed by atoms with E-state index in [4.69, 9.17) is 4.74 Å². The van der Waals surface area contributed by atoms with Crippen molar-refractivity contribution in [2.75, 3.05) is 16.4 Å². The summed E-state index contributed by atoms with van der Waals surface area (Å²) in [5, 5.41) is 14.3. The van der Waals surface area contributed by atoms with E-state index in [-0.39, 0.29) is 29.4 Å². The number of carboxylic acid groups (broad SMARTS) is 1. The molecule has 2 atom stereocenters. The molecule has 3 aromatic rings. The van der Waals surface area contributed by atoms with Crippen LogP contribution in [-0.2, 0) is 16.3 Å². The highest BCUT2D eigenvalue weighted by Crippen LogP contribution is 2.45. The lowest BCUT2D eigenvalue weighted by Gasteiger charge is -2.34. The van der Waals surface area contributed by atoms with Gasteiger partial charge < -0.3 is 9.84 Å². The normalized spacial score (nSPS) is 21.4. The van der Waals surface area contributed by atoms with Gasteiger partial charge in [-0.25, -0.2) is 17.6 Å². The Bertz CT molecular complexity index is 1370. The molecule has 2 aromatic carbocycles. The molecule has 1 unspecified atom stereocenters. The molecule has 3 heterocycles. The molecular formula is C25H26FN3O5S. The summed E-state index contributed by atoms with van der Waals surface area (Å²) < 4.78 is 45.7. The Morgan fingerprint density at radius 2 is 1.94 bits per heavy atom. The molecular weight excluding hydrogens is 473 g/mol. The van der Waals surface area contributed by atoms with Gasteiger partial charge in [0.2, 0.25) is 0 Å². The zero-order valence-corrected chi connectivity index (χ0v) is 20.0. The zero-order valence-electron chi connectivity index (χ0n) is 19.2. The van der Waals surface area contributed by atoms with E-state index >= 15 is 0 Å². The Kier molecular flexibility index (Phi) is 6.00. The minimum atomic E-state index is -3.10. The highest BCUT2D eigenvalue weighted by molar-refractivity contribution is 7.91. The highest BCUT2D eigenvalue weighted by atomic mass is 32.2. The number of benzene rings is 2. The topological polar surface area (TPSA) is 102 Å². The Morgan fingerprint density at radius 3 is 2.66 bits per heavy atom. The van der Waals surface area contributed by atoms with Crippen molar-refractivity contribution < 1.29 is 27.4 Å². The molecule has 5 rings (SSSR count). The summed E-state index contributed by atoms with van der Waals surface area (Å²) in [5.74, 6) is 0.789. The molecule has 1 N–H and O–H groups in total. The predicted molar refractivity (Wildman–Crippen MR) is 129 cm³/mol. The van der Waals surface area contributed by atoms with Gasteiger partial charge in [-0.1, -0.05) is 0 Å². The number of nitrogens with zero attached hydrogens (tertiary/aromatic N) is 3. The average Bonchev–Trinajstić information content (AvgIpc) is 3.30. The van der Waals surface area contributed by atoms with Gasteiger partial charge in [0.1, 0.15) is 17.3 Å². The third kappa shape index (κ3) is 4.62. The van der Waals surface area contributed by atoms with Gasteiger partial charge in [-0.3, -0.25) is 9.58 Å². The Hall–Kier alpha value is -3.40. The minimum Gasteiger partial charge on any atom is -0.465 e. The van der Waals surface area contributed by atoms with Gasteiger partial charge >= 0.3 is 6.09 Å². The number of hydrogen-bond donors (Lipinski definition) is 1. The number of sulfone groups is 1. The smallest absolute Gasteiger partial charge is 0.412 e.